The van der Waals surface area contributed by atoms with Crippen molar-refractivity contribution < 1.29 is 4.79 Å². The molecule has 1 nitrogen and oxygen atoms in total. The van der Waals surface area contributed by atoms with Gasteiger partial charge in [-0.15, -0.1) is 18.9 Å². The molecule has 0 saturated heterocycles. The van der Waals surface area contributed by atoms with Gasteiger partial charge in [0.15, 0.2) is 0 Å². The number of allylic oxidation sites excluding steroid dienone is 1. The van der Waals surface area contributed by atoms with E-state index in [0.29, 0.717) is 25.0 Å². The summed E-state index contributed by atoms with van der Waals surface area (Å²) in [4.78, 5) is 11.0. The van der Waals surface area contributed by atoms with Gasteiger partial charge in [0.1, 0.15) is 5.78 Å². The van der Waals surface area contributed by atoms with Crippen LogP contribution in [0.5, 0.6) is 0 Å². The molecule has 0 aromatic carbocycles. The van der Waals surface area contributed by atoms with Gasteiger partial charge in [-0.1, -0.05) is 6.08 Å². The van der Waals surface area contributed by atoms with Crippen LogP contribution in [0.4, 0.5) is 0 Å². The van der Waals surface area contributed by atoms with Crippen molar-refractivity contribution in [1.29, 1.82) is 0 Å². The Balaban J connectivity index is 3.24. The molecule has 0 aromatic heterocycles. The van der Waals surface area contributed by atoms with Gasteiger partial charge >= 0.3 is 0 Å². The fourth-order valence-corrected chi connectivity index (χ4v) is 0.776. The van der Waals surface area contributed by atoms with E-state index in [1.54, 1.807) is 6.08 Å². The first-order chi connectivity index (χ1) is 5.31. The van der Waals surface area contributed by atoms with Crippen molar-refractivity contribution >= 4 is 5.78 Å². The molecule has 0 radical (unpaired) electrons. The molecule has 0 atom stereocenters. The second-order valence-electron chi connectivity index (χ2n) is 2.42. The minimum absolute atomic E-state index is 0.292. The Morgan fingerprint density at radius 2 is 2.27 bits per heavy atom. The Labute approximate surface area is 68.5 Å². The fraction of sp³-hybridized carbons (Fsp3) is 0.500. The van der Waals surface area contributed by atoms with Crippen LogP contribution in [0.1, 0.15) is 32.1 Å². The molecule has 0 fully saturated rings. The summed E-state index contributed by atoms with van der Waals surface area (Å²) in [6, 6.07) is 0. The largest absolute Gasteiger partial charge is 0.300 e. The molecule has 0 N–H and O–H groups in total. The first-order valence-corrected chi connectivity index (χ1v) is 3.87. The van der Waals surface area contributed by atoms with Crippen LogP contribution >= 0.6 is 0 Å². The van der Waals surface area contributed by atoms with Crippen LogP contribution < -0.4 is 0 Å². The number of carbonyl (C=O) groups is 1. The average Bonchev–Trinajstić information content (AvgIpc) is 2.01. The molecular weight excluding hydrogens is 136 g/mol. The molecule has 0 saturated carbocycles. The molecule has 1 heteroatoms. The third-order valence-electron chi connectivity index (χ3n) is 1.40. The highest BCUT2D eigenvalue weighted by Crippen LogP contribution is 2.00. The van der Waals surface area contributed by atoms with Crippen molar-refractivity contribution in [3.8, 4) is 12.3 Å². The Kier molecular flexibility index (Phi) is 6.42. The summed E-state index contributed by atoms with van der Waals surface area (Å²) in [6.45, 7) is 3.54. The van der Waals surface area contributed by atoms with Gasteiger partial charge < -0.3 is 0 Å². The van der Waals surface area contributed by atoms with E-state index >= 15 is 0 Å². The lowest BCUT2D eigenvalue weighted by Gasteiger charge is -1.94. The molecule has 11 heavy (non-hydrogen) atoms. The van der Waals surface area contributed by atoms with Crippen LogP contribution in [-0.2, 0) is 4.79 Å². The summed E-state index contributed by atoms with van der Waals surface area (Å²) in [5.41, 5.74) is 0. The second kappa shape index (κ2) is 7.08. The maximum absolute atomic E-state index is 11.0. The molecule has 0 aliphatic carbocycles. The molecule has 0 aliphatic heterocycles. The number of unbranched alkanes of at least 4 members (excludes halogenated alkanes) is 1. The van der Waals surface area contributed by atoms with E-state index in [1.807, 2.05) is 0 Å². The van der Waals surface area contributed by atoms with Gasteiger partial charge in [-0.25, -0.2) is 0 Å². The highest BCUT2D eigenvalue weighted by molar-refractivity contribution is 5.78. The fourth-order valence-electron chi connectivity index (χ4n) is 0.776. The highest BCUT2D eigenvalue weighted by atomic mass is 16.1. The van der Waals surface area contributed by atoms with Crippen LogP contribution in [0, 0.1) is 12.3 Å². The van der Waals surface area contributed by atoms with Gasteiger partial charge in [-0.2, -0.15) is 0 Å². The van der Waals surface area contributed by atoms with Crippen molar-refractivity contribution in [3.63, 3.8) is 0 Å². The predicted octanol–water partition coefficient (Wildman–Crippen LogP) is 2.33. The van der Waals surface area contributed by atoms with Crippen molar-refractivity contribution in [2.45, 2.75) is 32.1 Å². The summed E-state index contributed by atoms with van der Waals surface area (Å²) >= 11 is 0. The maximum atomic E-state index is 11.0. The van der Waals surface area contributed by atoms with Crippen LogP contribution in [0.25, 0.3) is 0 Å². The van der Waals surface area contributed by atoms with Crippen molar-refractivity contribution in [1.82, 2.24) is 0 Å². The molecule has 0 heterocycles. The second-order valence-corrected chi connectivity index (χ2v) is 2.42. The molecule has 0 spiro atoms. The molecule has 0 unspecified atom stereocenters. The van der Waals surface area contributed by atoms with Crippen LogP contribution in [0.2, 0.25) is 0 Å². The van der Waals surface area contributed by atoms with E-state index in [9.17, 15) is 4.79 Å². The topological polar surface area (TPSA) is 17.1 Å². The van der Waals surface area contributed by atoms with Gasteiger partial charge in [-0.05, 0) is 12.8 Å². The molecule has 0 bridgehead atoms. The Bertz CT molecular complexity index is 162. The summed E-state index contributed by atoms with van der Waals surface area (Å²) in [6.07, 6.45) is 10.4. The predicted molar refractivity (Wildman–Crippen MR) is 47.1 cm³/mol. The van der Waals surface area contributed by atoms with E-state index < -0.39 is 0 Å². The summed E-state index contributed by atoms with van der Waals surface area (Å²) in [5.74, 6) is 2.80. The van der Waals surface area contributed by atoms with Crippen LogP contribution in [0.15, 0.2) is 12.7 Å². The number of ketones is 1. The van der Waals surface area contributed by atoms with Gasteiger partial charge in [0, 0.05) is 19.3 Å². The average molecular weight is 150 g/mol. The molecular formula is C10H14O. The molecule has 60 valence electrons. The smallest absolute Gasteiger partial charge is 0.133 e. The van der Waals surface area contributed by atoms with Crippen molar-refractivity contribution in [3.05, 3.63) is 12.7 Å². The summed E-state index contributed by atoms with van der Waals surface area (Å²) in [7, 11) is 0. The van der Waals surface area contributed by atoms with Crippen molar-refractivity contribution in [2.75, 3.05) is 0 Å². The lowest BCUT2D eigenvalue weighted by molar-refractivity contribution is -0.119. The number of hydrogen-bond acceptors (Lipinski definition) is 1. The van der Waals surface area contributed by atoms with E-state index in [1.165, 1.54) is 0 Å². The van der Waals surface area contributed by atoms with E-state index in [2.05, 4.69) is 12.5 Å². The van der Waals surface area contributed by atoms with Gasteiger partial charge in [-0.3, -0.25) is 4.79 Å². The van der Waals surface area contributed by atoms with Crippen LogP contribution in [0.3, 0.4) is 0 Å². The van der Waals surface area contributed by atoms with Crippen LogP contribution in [-0.4, -0.2) is 5.78 Å². The Hall–Kier alpha value is -1.03. The third kappa shape index (κ3) is 6.86. The molecule has 0 amide bonds. The number of Topliss-reactive ketones (excluding diaryl/α,β-unsaturated/α-hetero) is 1. The van der Waals surface area contributed by atoms with E-state index in [-0.39, 0.29) is 0 Å². The lowest BCUT2D eigenvalue weighted by atomic mass is 10.1. The monoisotopic (exact) mass is 150 g/mol. The zero-order valence-corrected chi connectivity index (χ0v) is 6.81. The summed E-state index contributed by atoms with van der Waals surface area (Å²) < 4.78 is 0. The molecule has 0 aromatic rings. The van der Waals surface area contributed by atoms with Gasteiger partial charge in [0.2, 0.25) is 0 Å². The minimum Gasteiger partial charge on any atom is -0.300 e. The SMILES string of the molecule is C#CCCCC(=O)CCC=C. The van der Waals surface area contributed by atoms with E-state index in [4.69, 9.17) is 6.42 Å². The van der Waals surface area contributed by atoms with Gasteiger partial charge in [0.25, 0.3) is 0 Å². The first-order valence-electron chi connectivity index (χ1n) is 3.87. The summed E-state index contributed by atoms with van der Waals surface area (Å²) in [5, 5.41) is 0. The number of rotatable bonds is 6. The quantitative estimate of drug-likeness (QED) is 0.322. The molecule has 0 rings (SSSR count). The zero-order valence-electron chi connectivity index (χ0n) is 6.81. The lowest BCUT2D eigenvalue weighted by Crippen LogP contribution is -1.95. The zero-order chi connectivity index (χ0) is 8.53. The number of hydrogen-bond donors (Lipinski definition) is 0. The standard InChI is InChI=1S/C10H14O/c1-3-5-7-9-10(11)8-6-4-2/h1,4H,2,5-9H2. The number of terminal acetylenes is 1. The normalized spacial score (nSPS) is 8.64. The van der Waals surface area contributed by atoms with Gasteiger partial charge in [0.05, 0.1) is 0 Å². The maximum Gasteiger partial charge on any atom is 0.133 e. The minimum atomic E-state index is 0.292. The van der Waals surface area contributed by atoms with Crippen molar-refractivity contribution in [2.24, 2.45) is 0 Å². The Morgan fingerprint density at radius 3 is 2.82 bits per heavy atom. The third-order valence-corrected chi connectivity index (χ3v) is 1.40. The van der Waals surface area contributed by atoms with E-state index in [0.717, 1.165) is 12.8 Å². The Morgan fingerprint density at radius 1 is 1.55 bits per heavy atom. The number of carbonyl (C=O) groups excluding carboxylic acids is 1. The highest BCUT2D eigenvalue weighted by Gasteiger charge is 1.98. The molecule has 0 aliphatic rings. The first kappa shape index (κ1) is 9.97.